The lowest BCUT2D eigenvalue weighted by molar-refractivity contribution is 1.26. The van der Waals surface area contributed by atoms with Crippen molar-refractivity contribution in [1.29, 1.82) is 0 Å². The monoisotopic (exact) mass is 516 g/mol. The summed E-state index contributed by atoms with van der Waals surface area (Å²) in [5.41, 5.74) is 12.2. The summed E-state index contributed by atoms with van der Waals surface area (Å²) in [7, 11) is 0. The lowest BCUT2D eigenvalue weighted by Crippen LogP contribution is -1.97. The third-order valence-electron chi connectivity index (χ3n) is 8.30. The van der Waals surface area contributed by atoms with Gasteiger partial charge >= 0.3 is 0 Å². The van der Waals surface area contributed by atoms with Crippen molar-refractivity contribution in [2.45, 2.75) is 0 Å². The van der Waals surface area contributed by atoms with Gasteiger partial charge in [-0.25, -0.2) is 0 Å². The molecule has 0 atom stereocenters. The largest absolute Gasteiger partial charge is 0.305 e. The normalized spacial score (nSPS) is 12.2. The number of nitrogens with zero attached hydrogens (tertiary/aromatic N) is 2. The molecule has 3 aromatic heterocycles. The van der Waals surface area contributed by atoms with E-state index in [2.05, 4.69) is 118 Å². The van der Waals surface area contributed by atoms with Crippen molar-refractivity contribution in [3.63, 3.8) is 0 Å². The Labute approximate surface area is 229 Å². The summed E-state index contributed by atoms with van der Waals surface area (Å²) >= 11 is 6.24. The van der Waals surface area contributed by atoms with E-state index in [-0.39, 0.29) is 0 Å². The first kappa shape index (κ1) is 21.2. The van der Waals surface area contributed by atoms with Crippen LogP contribution >= 0.6 is 11.6 Å². The molecule has 182 valence electrons. The Morgan fingerprint density at radius 1 is 0.359 bits per heavy atom. The second-order valence-corrected chi connectivity index (χ2v) is 10.8. The fourth-order valence-corrected chi connectivity index (χ4v) is 6.79. The molecule has 0 aliphatic rings. The smallest absolute Gasteiger partial charge is 0.0789 e. The van der Waals surface area contributed by atoms with Crippen molar-refractivity contribution >= 4 is 66.2 Å². The Balaban J connectivity index is 1.38. The molecule has 39 heavy (non-hydrogen) atoms. The van der Waals surface area contributed by atoms with Gasteiger partial charge in [-0.15, -0.1) is 0 Å². The maximum atomic E-state index is 6.24. The molecule has 9 aromatic rings. The number of aromatic nitrogens is 2. The molecule has 0 bridgehead atoms. The quantitative estimate of drug-likeness (QED) is 0.202. The molecule has 0 amide bonds. The standard InChI is InChI=1S/C36H21ClN2/c37-26-7-5-6-24(20-26)22-12-14-23(15-13-22)25-16-19-33-34(21-25)39-32-11-4-2-9-28(32)30-18-17-29-27-8-1-3-10-31(27)38(33)35(29)36(30)39/h1-21H. The number of fused-ring (bicyclic) bond motifs is 9. The molecule has 0 aliphatic carbocycles. The van der Waals surface area contributed by atoms with Crippen molar-refractivity contribution in [3.8, 4) is 22.3 Å². The minimum absolute atomic E-state index is 0.753. The van der Waals surface area contributed by atoms with Crippen LogP contribution in [0.15, 0.2) is 127 Å². The zero-order chi connectivity index (χ0) is 25.7. The molecule has 3 heteroatoms. The Kier molecular flexibility index (Phi) is 4.14. The molecule has 0 radical (unpaired) electrons. The van der Waals surface area contributed by atoms with Crippen molar-refractivity contribution in [1.82, 2.24) is 8.80 Å². The van der Waals surface area contributed by atoms with E-state index in [9.17, 15) is 0 Å². The maximum absolute atomic E-state index is 6.24. The third-order valence-corrected chi connectivity index (χ3v) is 8.54. The minimum atomic E-state index is 0.753. The Hall–Kier alpha value is -4.79. The molecule has 0 saturated heterocycles. The second-order valence-electron chi connectivity index (χ2n) is 10.4. The summed E-state index contributed by atoms with van der Waals surface area (Å²) in [5.74, 6) is 0. The van der Waals surface area contributed by atoms with E-state index in [0.29, 0.717) is 0 Å². The van der Waals surface area contributed by atoms with E-state index >= 15 is 0 Å². The van der Waals surface area contributed by atoms with Crippen molar-refractivity contribution in [2.75, 3.05) is 0 Å². The van der Waals surface area contributed by atoms with Gasteiger partial charge in [0.1, 0.15) is 0 Å². The van der Waals surface area contributed by atoms with Gasteiger partial charge in [0.05, 0.1) is 33.1 Å². The number of hydrogen-bond acceptors (Lipinski definition) is 0. The predicted molar refractivity (Wildman–Crippen MR) is 165 cm³/mol. The number of para-hydroxylation sites is 2. The topological polar surface area (TPSA) is 8.82 Å². The number of halogens is 1. The van der Waals surface area contributed by atoms with Gasteiger partial charge in [0.25, 0.3) is 0 Å². The molecule has 0 fully saturated rings. The molecule has 0 saturated carbocycles. The highest BCUT2D eigenvalue weighted by atomic mass is 35.5. The molecule has 0 spiro atoms. The van der Waals surface area contributed by atoms with Gasteiger partial charge in [0.15, 0.2) is 0 Å². The molecular formula is C36H21ClN2. The number of hydrogen-bond donors (Lipinski definition) is 0. The van der Waals surface area contributed by atoms with Crippen LogP contribution in [-0.4, -0.2) is 8.80 Å². The van der Waals surface area contributed by atoms with E-state index in [4.69, 9.17) is 11.6 Å². The fraction of sp³-hybridized carbons (Fsp3) is 0. The molecule has 3 heterocycles. The third kappa shape index (κ3) is 2.81. The van der Waals surface area contributed by atoms with Crippen molar-refractivity contribution < 1.29 is 0 Å². The maximum Gasteiger partial charge on any atom is 0.0789 e. The summed E-state index contributed by atoms with van der Waals surface area (Å²) in [6, 6.07) is 45.8. The van der Waals surface area contributed by atoms with Crippen LogP contribution in [-0.2, 0) is 0 Å². The van der Waals surface area contributed by atoms with Crippen molar-refractivity contribution in [3.05, 3.63) is 132 Å². The highest BCUT2D eigenvalue weighted by molar-refractivity contribution is 6.30. The molecule has 0 unspecified atom stereocenters. The highest BCUT2D eigenvalue weighted by Gasteiger charge is 2.21. The molecule has 2 nitrogen and oxygen atoms in total. The average Bonchev–Trinajstić information content (AvgIpc) is 3.51. The van der Waals surface area contributed by atoms with Crippen molar-refractivity contribution in [2.24, 2.45) is 0 Å². The Morgan fingerprint density at radius 3 is 1.51 bits per heavy atom. The van der Waals surface area contributed by atoms with E-state index in [1.54, 1.807) is 0 Å². The van der Waals surface area contributed by atoms with Gasteiger partial charge in [0.2, 0.25) is 0 Å². The predicted octanol–water partition coefficient (Wildman–Crippen LogP) is 10.2. The van der Waals surface area contributed by atoms with Crippen LogP contribution in [0.25, 0.3) is 76.9 Å². The average molecular weight is 517 g/mol. The first-order chi connectivity index (χ1) is 19.3. The summed E-state index contributed by atoms with van der Waals surface area (Å²) in [5, 5.41) is 5.93. The SMILES string of the molecule is Clc1cccc(-c2ccc(-c3ccc4c(c3)n3c5ccccc5c5ccc6c7ccccc7n4c6c53)cc2)c1. The number of rotatable bonds is 2. The first-order valence-electron chi connectivity index (χ1n) is 13.2. The van der Waals surface area contributed by atoms with Crippen LogP contribution < -0.4 is 0 Å². The summed E-state index contributed by atoms with van der Waals surface area (Å²) in [4.78, 5) is 0. The van der Waals surface area contributed by atoms with Crippen LogP contribution in [0.1, 0.15) is 0 Å². The molecule has 9 rings (SSSR count). The fourth-order valence-electron chi connectivity index (χ4n) is 6.60. The lowest BCUT2D eigenvalue weighted by atomic mass is 10.00. The zero-order valence-electron chi connectivity index (χ0n) is 20.9. The minimum Gasteiger partial charge on any atom is -0.305 e. The van der Waals surface area contributed by atoms with Crippen LogP contribution in [0.5, 0.6) is 0 Å². The summed E-state index contributed by atoms with van der Waals surface area (Å²) in [6.07, 6.45) is 0. The number of benzene rings is 6. The summed E-state index contributed by atoms with van der Waals surface area (Å²) in [6.45, 7) is 0. The van der Waals surface area contributed by atoms with E-state index in [0.717, 1.165) is 16.1 Å². The Morgan fingerprint density at radius 2 is 0.897 bits per heavy atom. The van der Waals surface area contributed by atoms with Crippen LogP contribution in [0.3, 0.4) is 0 Å². The van der Waals surface area contributed by atoms with Crippen LogP contribution in [0.4, 0.5) is 0 Å². The molecule has 0 N–H and O–H groups in total. The molecule has 0 aliphatic heterocycles. The first-order valence-corrected chi connectivity index (χ1v) is 13.6. The molecular weight excluding hydrogens is 496 g/mol. The van der Waals surface area contributed by atoms with Crippen LogP contribution in [0.2, 0.25) is 5.02 Å². The highest BCUT2D eigenvalue weighted by Crippen LogP contribution is 2.42. The van der Waals surface area contributed by atoms with E-state index in [1.165, 1.54) is 65.8 Å². The van der Waals surface area contributed by atoms with E-state index in [1.807, 2.05) is 18.2 Å². The second kappa shape index (κ2) is 7.63. The van der Waals surface area contributed by atoms with Gasteiger partial charge in [0, 0.05) is 26.6 Å². The van der Waals surface area contributed by atoms with Gasteiger partial charge in [-0.3, -0.25) is 0 Å². The van der Waals surface area contributed by atoms with Gasteiger partial charge in [-0.1, -0.05) is 103 Å². The Bertz CT molecular complexity index is 2390. The van der Waals surface area contributed by atoms with Gasteiger partial charge in [-0.05, 0) is 58.7 Å². The summed E-state index contributed by atoms with van der Waals surface area (Å²) < 4.78 is 4.94. The van der Waals surface area contributed by atoms with E-state index < -0.39 is 0 Å². The lowest BCUT2D eigenvalue weighted by Gasteiger charge is -2.13. The van der Waals surface area contributed by atoms with Gasteiger partial charge in [-0.2, -0.15) is 0 Å². The van der Waals surface area contributed by atoms with Gasteiger partial charge < -0.3 is 8.80 Å². The zero-order valence-corrected chi connectivity index (χ0v) is 21.7. The molecule has 6 aromatic carbocycles. The van der Waals surface area contributed by atoms with Crippen LogP contribution in [0, 0.1) is 0 Å².